The number of aryl methyl sites for hydroxylation is 1. The molecule has 1 amide bonds. The van der Waals surface area contributed by atoms with E-state index >= 15 is 0 Å². The van der Waals surface area contributed by atoms with Gasteiger partial charge in [-0.15, -0.1) is 0 Å². The first kappa shape index (κ1) is 16.1. The molecule has 136 valence electrons. The third kappa shape index (κ3) is 3.20. The number of hydrogen-bond donors (Lipinski definition) is 1. The average molecular weight is 360 g/mol. The van der Waals surface area contributed by atoms with E-state index < -0.39 is 0 Å². The molecule has 0 bridgehead atoms. The van der Waals surface area contributed by atoms with Crippen molar-refractivity contribution < 1.29 is 4.79 Å². The minimum Gasteiger partial charge on any atom is -0.320 e. The van der Waals surface area contributed by atoms with Gasteiger partial charge in [0, 0.05) is 23.7 Å². The molecular weight excluding hydrogens is 340 g/mol. The molecule has 5 rings (SSSR count). The second kappa shape index (κ2) is 6.26. The van der Waals surface area contributed by atoms with Crippen molar-refractivity contribution in [2.45, 2.75) is 44.4 Å². The summed E-state index contributed by atoms with van der Waals surface area (Å²) in [5.41, 5.74) is 4.19. The monoisotopic (exact) mass is 360 g/mol. The molecule has 1 N–H and O–H groups in total. The Morgan fingerprint density at radius 1 is 1.11 bits per heavy atom. The summed E-state index contributed by atoms with van der Waals surface area (Å²) in [5.74, 6) is 1.78. The molecule has 3 aromatic rings. The van der Waals surface area contributed by atoms with Crippen LogP contribution in [-0.4, -0.2) is 30.6 Å². The highest BCUT2D eigenvalue weighted by molar-refractivity contribution is 6.04. The van der Waals surface area contributed by atoms with Crippen molar-refractivity contribution in [3.63, 3.8) is 0 Å². The first-order chi connectivity index (χ1) is 13.2. The molecule has 2 saturated carbocycles. The van der Waals surface area contributed by atoms with Gasteiger partial charge in [-0.3, -0.25) is 4.79 Å². The molecule has 2 aliphatic rings. The van der Waals surface area contributed by atoms with Gasteiger partial charge in [0.25, 0.3) is 5.91 Å². The molecule has 0 aliphatic heterocycles. The van der Waals surface area contributed by atoms with E-state index in [4.69, 9.17) is 5.10 Å². The zero-order chi connectivity index (χ0) is 18.4. The second-order valence-corrected chi connectivity index (χ2v) is 7.34. The maximum atomic E-state index is 12.4. The van der Waals surface area contributed by atoms with Gasteiger partial charge in [0.15, 0.2) is 5.82 Å². The van der Waals surface area contributed by atoms with Crippen LogP contribution in [-0.2, 0) is 0 Å². The molecule has 0 saturated heterocycles. The van der Waals surface area contributed by atoms with Crippen LogP contribution in [0.15, 0.2) is 36.9 Å². The normalized spacial score (nSPS) is 16.3. The van der Waals surface area contributed by atoms with Gasteiger partial charge in [-0.25, -0.2) is 19.6 Å². The number of amides is 1. The zero-order valence-electron chi connectivity index (χ0n) is 15.1. The number of pyridine rings is 1. The summed E-state index contributed by atoms with van der Waals surface area (Å²) in [7, 11) is 0. The van der Waals surface area contributed by atoms with Gasteiger partial charge >= 0.3 is 0 Å². The Kier molecular flexibility index (Phi) is 3.74. The quantitative estimate of drug-likeness (QED) is 0.754. The Bertz CT molecular complexity index is 1000. The molecule has 0 radical (unpaired) electrons. The van der Waals surface area contributed by atoms with Gasteiger partial charge in [-0.2, -0.15) is 5.10 Å². The summed E-state index contributed by atoms with van der Waals surface area (Å²) in [6.07, 6.45) is 9.54. The van der Waals surface area contributed by atoms with Crippen LogP contribution in [0.4, 0.5) is 5.69 Å². The molecule has 3 aromatic heterocycles. The molecule has 2 aliphatic carbocycles. The standard InChI is InChI=1S/C20H20N6O/c1-12-16(10-21-11-23-12)20(27)24-15-6-7-19(22-9-15)26-18(14-4-5-14)8-17(25-26)13-2-3-13/h6-11,13-14H,2-5H2,1H3,(H,24,27). The summed E-state index contributed by atoms with van der Waals surface area (Å²) < 4.78 is 1.98. The van der Waals surface area contributed by atoms with Crippen LogP contribution in [0.25, 0.3) is 5.82 Å². The van der Waals surface area contributed by atoms with E-state index in [0.29, 0.717) is 28.8 Å². The van der Waals surface area contributed by atoms with Crippen molar-refractivity contribution >= 4 is 11.6 Å². The van der Waals surface area contributed by atoms with Crippen molar-refractivity contribution in [3.05, 3.63) is 59.6 Å². The number of nitrogens with zero attached hydrogens (tertiary/aromatic N) is 5. The maximum Gasteiger partial charge on any atom is 0.259 e. The van der Waals surface area contributed by atoms with Crippen molar-refractivity contribution in [3.8, 4) is 5.82 Å². The molecule has 0 atom stereocenters. The number of rotatable bonds is 5. The minimum atomic E-state index is -0.239. The van der Waals surface area contributed by atoms with Gasteiger partial charge in [0.05, 0.1) is 28.8 Å². The molecule has 0 unspecified atom stereocenters. The van der Waals surface area contributed by atoms with E-state index in [1.54, 1.807) is 13.1 Å². The Hall–Kier alpha value is -3.09. The highest BCUT2D eigenvalue weighted by Crippen LogP contribution is 2.45. The highest BCUT2D eigenvalue weighted by Gasteiger charge is 2.33. The lowest BCUT2D eigenvalue weighted by molar-refractivity contribution is 0.102. The molecule has 7 heteroatoms. The SMILES string of the molecule is Cc1ncncc1C(=O)Nc1ccc(-n2nc(C3CC3)cc2C2CC2)nc1. The number of carbonyl (C=O) groups excluding carboxylic acids is 1. The van der Waals surface area contributed by atoms with Crippen molar-refractivity contribution in [2.24, 2.45) is 0 Å². The molecule has 3 heterocycles. The third-order valence-corrected chi connectivity index (χ3v) is 5.13. The van der Waals surface area contributed by atoms with E-state index in [1.807, 2.05) is 16.8 Å². The molecule has 0 spiro atoms. The predicted molar refractivity (Wildman–Crippen MR) is 100 cm³/mol. The van der Waals surface area contributed by atoms with Crippen LogP contribution >= 0.6 is 0 Å². The smallest absolute Gasteiger partial charge is 0.259 e. The van der Waals surface area contributed by atoms with Crippen molar-refractivity contribution in [1.82, 2.24) is 24.7 Å². The fraction of sp³-hybridized carbons (Fsp3) is 0.350. The summed E-state index contributed by atoms with van der Waals surface area (Å²) in [5, 5.41) is 7.65. The number of hydrogen-bond acceptors (Lipinski definition) is 5. The Morgan fingerprint density at radius 3 is 2.59 bits per heavy atom. The van der Waals surface area contributed by atoms with Crippen LogP contribution in [0.1, 0.15) is 65.0 Å². The lowest BCUT2D eigenvalue weighted by atomic mass is 10.2. The number of nitrogens with one attached hydrogen (secondary N) is 1. The number of anilines is 1. The fourth-order valence-electron chi connectivity index (χ4n) is 3.24. The molecule has 0 aromatic carbocycles. The number of aromatic nitrogens is 5. The lowest BCUT2D eigenvalue weighted by Gasteiger charge is -2.09. The van der Waals surface area contributed by atoms with E-state index in [9.17, 15) is 4.79 Å². The van der Waals surface area contributed by atoms with Gasteiger partial charge < -0.3 is 5.32 Å². The van der Waals surface area contributed by atoms with Crippen LogP contribution in [0.3, 0.4) is 0 Å². The van der Waals surface area contributed by atoms with Gasteiger partial charge in [0.2, 0.25) is 0 Å². The summed E-state index contributed by atoms with van der Waals surface area (Å²) >= 11 is 0. The van der Waals surface area contributed by atoms with Crippen molar-refractivity contribution in [1.29, 1.82) is 0 Å². The summed E-state index contributed by atoms with van der Waals surface area (Å²) in [4.78, 5) is 24.9. The molecule has 27 heavy (non-hydrogen) atoms. The summed E-state index contributed by atoms with van der Waals surface area (Å²) in [6.45, 7) is 1.78. The Labute approximate surface area is 156 Å². The lowest BCUT2D eigenvalue weighted by Crippen LogP contribution is -2.15. The van der Waals surface area contributed by atoms with E-state index in [2.05, 4.69) is 26.3 Å². The largest absolute Gasteiger partial charge is 0.320 e. The minimum absolute atomic E-state index is 0.239. The molecule has 2 fully saturated rings. The van der Waals surface area contributed by atoms with Gasteiger partial charge in [-0.05, 0) is 50.8 Å². The van der Waals surface area contributed by atoms with Crippen LogP contribution < -0.4 is 5.32 Å². The van der Waals surface area contributed by atoms with Gasteiger partial charge in [0.1, 0.15) is 6.33 Å². The van der Waals surface area contributed by atoms with E-state index in [0.717, 1.165) is 5.82 Å². The second-order valence-electron chi connectivity index (χ2n) is 7.34. The van der Waals surface area contributed by atoms with Gasteiger partial charge in [-0.1, -0.05) is 0 Å². The van der Waals surface area contributed by atoms with E-state index in [-0.39, 0.29) is 5.91 Å². The number of carbonyl (C=O) groups is 1. The van der Waals surface area contributed by atoms with E-state index in [1.165, 1.54) is 49.6 Å². The van der Waals surface area contributed by atoms with Crippen LogP contribution in [0, 0.1) is 6.92 Å². The van der Waals surface area contributed by atoms with Crippen molar-refractivity contribution in [2.75, 3.05) is 5.32 Å². The fourth-order valence-corrected chi connectivity index (χ4v) is 3.24. The zero-order valence-corrected chi connectivity index (χ0v) is 15.1. The molecule has 7 nitrogen and oxygen atoms in total. The Balaban J connectivity index is 1.38. The maximum absolute atomic E-state index is 12.4. The Morgan fingerprint density at radius 2 is 1.93 bits per heavy atom. The third-order valence-electron chi connectivity index (χ3n) is 5.13. The predicted octanol–water partition coefficient (Wildman–Crippen LogP) is 3.37. The first-order valence-corrected chi connectivity index (χ1v) is 9.33. The average Bonchev–Trinajstić information content (AvgIpc) is 3.61. The molecular formula is C20H20N6O. The topological polar surface area (TPSA) is 85.6 Å². The first-order valence-electron chi connectivity index (χ1n) is 9.33. The van der Waals surface area contributed by atoms with Crippen LogP contribution in [0.2, 0.25) is 0 Å². The van der Waals surface area contributed by atoms with Crippen LogP contribution in [0.5, 0.6) is 0 Å². The highest BCUT2D eigenvalue weighted by atomic mass is 16.1. The summed E-state index contributed by atoms with van der Waals surface area (Å²) in [6, 6.07) is 6.01.